The summed E-state index contributed by atoms with van der Waals surface area (Å²) in [6.07, 6.45) is 0. The van der Waals surface area contributed by atoms with E-state index in [0.29, 0.717) is 23.1 Å². The molecule has 0 radical (unpaired) electrons. The van der Waals surface area contributed by atoms with Gasteiger partial charge >= 0.3 is 0 Å². The number of carbonyl (C=O) groups excluding carboxylic acids is 2. The molecule has 0 saturated heterocycles. The second-order valence-electron chi connectivity index (χ2n) is 7.63. The molecular weight excluding hydrogens is 422 g/mol. The quantitative estimate of drug-likeness (QED) is 0.479. The van der Waals surface area contributed by atoms with E-state index in [1.165, 1.54) is 11.8 Å². The minimum atomic E-state index is -0.322. The lowest BCUT2D eigenvalue weighted by Gasteiger charge is -2.16. The Morgan fingerprint density at radius 2 is 1.66 bits per heavy atom. The molecule has 0 fully saturated rings. The van der Waals surface area contributed by atoms with E-state index in [1.807, 2.05) is 74.7 Å². The van der Waals surface area contributed by atoms with Crippen LogP contribution in [0.3, 0.4) is 0 Å². The van der Waals surface area contributed by atoms with Crippen LogP contribution in [0.4, 0.5) is 0 Å². The minimum Gasteiger partial charge on any atom is -0.349 e. The Bertz CT molecular complexity index is 1050. The maximum Gasteiger partial charge on any atom is 0.251 e. The van der Waals surface area contributed by atoms with Crippen LogP contribution < -0.4 is 10.6 Å². The smallest absolute Gasteiger partial charge is 0.251 e. The molecule has 2 N–H and O–H groups in total. The predicted molar refractivity (Wildman–Crippen MR) is 126 cm³/mol. The maximum atomic E-state index is 12.6. The van der Waals surface area contributed by atoms with Gasteiger partial charge in [-0.2, -0.15) is 0 Å². The summed E-state index contributed by atoms with van der Waals surface area (Å²) in [5.74, 6) is 0.666. The van der Waals surface area contributed by atoms with Crippen molar-refractivity contribution in [3.63, 3.8) is 0 Å². The molecule has 0 saturated carbocycles. The largest absolute Gasteiger partial charge is 0.349 e. The highest BCUT2D eigenvalue weighted by molar-refractivity contribution is 7.99. The molecule has 168 valence electrons. The highest BCUT2D eigenvalue weighted by atomic mass is 32.2. The van der Waals surface area contributed by atoms with E-state index in [0.717, 1.165) is 11.1 Å². The Labute approximate surface area is 193 Å². The lowest BCUT2D eigenvalue weighted by Crippen LogP contribution is -2.29. The first kappa shape index (κ1) is 23.5. The molecule has 2 aromatic carbocycles. The Morgan fingerprint density at radius 3 is 2.31 bits per heavy atom. The van der Waals surface area contributed by atoms with Gasteiger partial charge in [0.15, 0.2) is 11.0 Å². The highest BCUT2D eigenvalue weighted by Gasteiger charge is 2.20. The van der Waals surface area contributed by atoms with Crippen molar-refractivity contribution in [3.05, 3.63) is 77.1 Å². The molecule has 8 heteroatoms. The zero-order valence-electron chi connectivity index (χ0n) is 18.8. The number of rotatable bonds is 9. The molecule has 3 rings (SSSR count). The third-order valence-electron chi connectivity index (χ3n) is 5.12. The normalized spacial score (nSPS) is 12.8. The van der Waals surface area contributed by atoms with Gasteiger partial charge in [0.1, 0.15) is 0 Å². The summed E-state index contributed by atoms with van der Waals surface area (Å²) < 4.78 is 1.93. The second-order valence-corrected chi connectivity index (χ2v) is 8.58. The van der Waals surface area contributed by atoms with Crippen molar-refractivity contribution in [1.82, 2.24) is 25.4 Å². The number of benzene rings is 2. The molecule has 0 aliphatic heterocycles. The number of hydrogen-bond donors (Lipinski definition) is 2. The number of carbonyl (C=O) groups is 2. The Balaban J connectivity index is 1.59. The zero-order chi connectivity index (χ0) is 23.1. The number of nitrogens with one attached hydrogen (secondary N) is 2. The van der Waals surface area contributed by atoms with Gasteiger partial charge in [-0.1, -0.05) is 59.8 Å². The van der Waals surface area contributed by atoms with Crippen molar-refractivity contribution in [2.75, 3.05) is 5.75 Å². The van der Waals surface area contributed by atoms with Crippen molar-refractivity contribution in [2.24, 2.45) is 0 Å². The SMILES string of the molecule is CCn1c(SCC(=O)N[C@H](C)c2ccccc2)nnc1[C@H](C)NC(=O)c1ccc(C)cc1. The first-order valence-electron chi connectivity index (χ1n) is 10.7. The molecule has 0 bridgehead atoms. The molecule has 2 atom stereocenters. The van der Waals surface area contributed by atoms with Gasteiger partial charge in [-0.05, 0) is 45.4 Å². The van der Waals surface area contributed by atoms with E-state index in [4.69, 9.17) is 0 Å². The zero-order valence-corrected chi connectivity index (χ0v) is 19.6. The molecule has 32 heavy (non-hydrogen) atoms. The average Bonchev–Trinajstić information content (AvgIpc) is 3.21. The van der Waals surface area contributed by atoms with Gasteiger partial charge in [-0.15, -0.1) is 10.2 Å². The number of aromatic nitrogens is 3. The molecule has 0 spiro atoms. The van der Waals surface area contributed by atoms with Crippen LogP contribution in [0.25, 0.3) is 0 Å². The third-order valence-corrected chi connectivity index (χ3v) is 6.09. The molecule has 1 heterocycles. The van der Waals surface area contributed by atoms with E-state index < -0.39 is 0 Å². The summed E-state index contributed by atoms with van der Waals surface area (Å²) in [6.45, 7) is 8.45. The topological polar surface area (TPSA) is 88.9 Å². The van der Waals surface area contributed by atoms with Crippen molar-refractivity contribution >= 4 is 23.6 Å². The van der Waals surface area contributed by atoms with Crippen molar-refractivity contribution in [3.8, 4) is 0 Å². The Morgan fingerprint density at radius 1 is 0.969 bits per heavy atom. The third kappa shape index (κ3) is 5.97. The molecule has 2 amide bonds. The molecular formula is C24H29N5O2S. The van der Waals surface area contributed by atoms with Gasteiger partial charge in [-0.25, -0.2) is 0 Å². The van der Waals surface area contributed by atoms with Gasteiger partial charge < -0.3 is 15.2 Å². The van der Waals surface area contributed by atoms with E-state index in [1.54, 1.807) is 12.1 Å². The number of hydrogen-bond acceptors (Lipinski definition) is 5. The first-order chi connectivity index (χ1) is 15.4. The summed E-state index contributed by atoms with van der Waals surface area (Å²) in [7, 11) is 0. The number of amides is 2. The fourth-order valence-corrected chi connectivity index (χ4v) is 4.13. The molecule has 0 aliphatic carbocycles. The fraction of sp³-hybridized carbons (Fsp3) is 0.333. The molecule has 1 aromatic heterocycles. The Hall–Kier alpha value is -3.13. The van der Waals surface area contributed by atoms with Crippen LogP contribution in [0.5, 0.6) is 0 Å². The summed E-state index contributed by atoms with van der Waals surface area (Å²) in [5.41, 5.74) is 2.76. The first-order valence-corrected chi connectivity index (χ1v) is 11.6. The van der Waals surface area contributed by atoms with Gasteiger partial charge in [0.05, 0.1) is 17.8 Å². The summed E-state index contributed by atoms with van der Waals surface area (Å²) >= 11 is 1.34. The van der Waals surface area contributed by atoms with Crippen LogP contribution in [-0.4, -0.2) is 32.3 Å². The van der Waals surface area contributed by atoms with E-state index in [9.17, 15) is 9.59 Å². The van der Waals surface area contributed by atoms with Gasteiger partial charge in [0.25, 0.3) is 5.91 Å². The van der Waals surface area contributed by atoms with Crippen LogP contribution in [0.2, 0.25) is 0 Å². The van der Waals surface area contributed by atoms with Crippen LogP contribution in [0, 0.1) is 6.92 Å². The van der Waals surface area contributed by atoms with Crippen LogP contribution in [0.1, 0.15) is 60.2 Å². The average molecular weight is 452 g/mol. The van der Waals surface area contributed by atoms with E-state index in [-0.39, 0.29) is 29.7 Å². The van der Waals surface area contributed by atoms with Gasteiger partial charge in [0.2, 0.25) is 5.91 Å². The molecule has 3 aromatic rings. The second kappa shape index (κ2) is 10.9. The van der Waals surface area contributed by atoms with E-state index >= 15 is 0 Å². The highest BCUT2D eigenvalue weighted by Crippen LogP contribution is 2.21. The number of nitrogens with zero attached hydrogens (tertiary/aromatic N) is 3. The monoisotopic (exact) mass is 451 g/mol. The lowest BCUT2D eigenvalue weighted by atomic mass is 10.1. The van der Waals surface area contributed by atoms with Crippen LogP contribution in [-0.2, 0) is 11.3 Å². The van der Waals surface area contributed by atoms with Crippen LogP contribution in [0.15, 0.2) is 59.8 Å². The minimum absolute atomic E-state index is 0.0686. The van der Waals surface area contributed by atoms with Crippen LogP contribution >= 0.6 is 11.8 Å². The van der Waals surface area contributed by atoms with Crippen molar-refractivity contribution in [1.29, 1.82) is 0 Å². The fourth-order valence-electron chi connectivity index (χ4n) is 3.31. The van der Waals surface area contributed by atoms with Crippen molar-refractivity contribution < 1.29 is 9.59 Å². The van der Waals surface area contributed by atoms with E-state index in [2.05, 4.69) is 20.8 Å². The summed E-state index contributed by atoms with van der Waals surface area (Å²) in [6, 6.07) is 16.9. The predicted octanol–water partition coefficient (Wildman–Crippen LogP) is 4.07. The Kier molecular flexibility index (Phi) is 8.05. The van der Waals surface area contributed by atoms with Crippen molar-refractivity contribution in [2.45, 2.75) is 51.5 Å². The van der Waals surface area contributed by atoms with Gasteiger partial charge in [-0.3, -0.25) is 9.59 Å². The number of thioether (sulfide) groups is 1. The molecule has 7 nitrogen and oxygen atoms in total. The maximum absolute atomic E-state index is 12.6. The molecule has 0 aliphatic rings. The summed E-state index contributed by atoms with van der Waals surface area (Å²) in [5, 5.41) is 15.2. The lowest BCUT2D eigenvalue weighted by molar-refractivity contribution is -0.119. The number of aryl methyl sites for hydroxylation is 1. The standard InChI is InChI=1S/C24H29N5O2S/c1-5-29-22(18(4)26-23(31)20-13-11-16(2)12-14-20)27-28-24(29)32-15-21(30)25-17(3)19-9-7-6-8-10-19/h6-14,17-18H,5,15H2,1-4H3,(H,25,30)(H,26,31)/t17-,18+/m1/s1. The molecule has 0 unspecified atom stereocenters. The summed E-state index contributed by atoms with van der Waals surface area (Å²) in [4.78, 5) is 25.0. The van der Waals surface area contributed by atoms with Gasteiger partial charge in [0, 0.05) is 12.1 Å².